The van der Waals surface area contributed by atoms with Crippen molar-refractivity contribution in [3.05, 3.63) is 59.5 Å². The topological polar surface area (TPSA) is 63.0 Å². The smallest absolute Gasteiger partial charge is 0.256 e. The van der Waals surface area contributed by atoms with Crippen LogP contribution in [0, 0.1) is 0 Å². The van der Waals surface area contributed by atoms with E-state index in [0.717, 1.165) is 41.4 Å². The molecule has 0 saturated carbocycles. The summed E-state index contributed by atoms with van der Waals surface area (Å²) in [7, 11) is 0. The molecule has 2 aliphatic rings. The highest BCUT2D eigenvalue weighted by Crippen LogP contribution is 2.32. The molecule has 0 unspecified atom stereocenters. The summed E-state index contributed by atoms with van der Waals surface area (Å²) < 4.78 is 7.22. The highest BCUT2D eigenvalue weighted by Gasteiger charge is 2.31. The Bertz CT molecular complexity index is 960. The number of morpholine rings is 1. The van der Waals surface area contributed by atoms with Crippen molar-refractivity contribution in [2.45, 2.75) is 13.0 Å². The van der Waals surface area contributed by atoms with E-state index in [4.69, 9.17) is 4.74 Å². The minimum atomic E-state index is 0.107. The Morgan fingerprint density at radius 3 is 2.81 bits per heavy atom. The largest absolute Gasteiger partial charge is 0.378 e. The number of pyridine rings is 1. The van der Waals surface area contributed by atoms with Gasteiger partial charge in [-0.15, -0.1) is 0 Å². The average molecular weight is 363 g/mol. The van der Waals surface area contributed by atoms with Crippen molar-refractivity contribution in [2.75, 3.05) is 37.7 Å². The molecule has 2 aliphatic heterocycles. The number of amides is 1. The van der Waals surface area contributed by atoms with Crippen LogP contribution < -0.4 is 4.90 Å². The maximum atomic E-state index is 13.1. The first-order valence-corrected chi connectivity index (χ1v) is 9.34. The van der Waals surface area contributed by atoms with Gasteiger partial charge >= 0.3 is 0 Å². The summed E-state index contributed by atoms with van der Waals surface area (Å²) in [6.45, 7) is 4.35. The van der Waals surface area contributed by atoms with Crippen molar-refractivity contribution >= 4 is 17.2 Å². The van der Waals surface area contributed by atoms with Crippen LogP contribution in [0.1, 0.15) is 21.7 Å². The maximum Gasteiger partial charge on any atom is 0.256 e. The van der Waals surface area contributed by atoms with Crippen LogP contribution >= 0.6 is 0 Å². The molecule has 4 heterocycles. The number of nitrogens with zero attached hydrogens (tertiary/aromatic N) is 5. The highest BCUT2D eigenvalue weighted by atomic mass is 16.5. The van der Waals surface area contributed by atoms with Gasteiger partial charge in [0.1, 0.15) is 0 Å². The van der Waals surface area contributed by atoms with E-state index < -0.39 is 0 Å². The lowest BCUT2D eigenvalue weighted by Crippen LogP contribution is -2.37. The van der Waals surface area contributed by atoms with E-state index in [1.165, 1.54) is 0 Å². The molecule has 1 fully saturated rings. The summed E-state index contributed by atoms with van der Waals surface area (Å²) in [6.07, 6.45) is 2.53. The third kappa shape index (κ3) is 2.94. The van der Waals surface area contributed by atoms with Crippen LogP contribution in [-0.2, 0) is 17.7 Å². The molecule has 7 heteroatoms. The summed E-state index contributed by atoms with van der Waals surface area (Å²) >= 11 is 0. The molecule has 27 heavy (non-hydrogen) atoms. The molecular formula is C20H21N5O2. The second kappa shape index (κ2) is 6.66. The second-order valence-electron chi connectivity index (χ2n) is 6.92. The number of carbonyl (C=O) groups is 1. The van der Waals surface area contributed by atoms with Crippen LogP contribution in [0.2, 0.25) is 0 Å². The normalized spacial score (nSPS) is 17.0. The molecule has 7 nitrogen and oxygen atoms in total. The van der Waals surface area contributed by atoms with Crippen LogP contribution in [0.3, 0.4) is 0 Å². The van der Waals surface area contributed by atoms with Gasteiger partial charge in [0.05, 0.1) is 24.5 Å². The number of aromatic nitrogens is 3. The summed E-state index contributed by atoms with van der Waals surface area (Å²) in [4.78, 5) is 21.8. The fourth-order valence-corrected chi connectivity index (χ4v) is 3.87. The molecule has 1 amide bonds. The average Bonchev–Trinajstić information content (AvgIpc) is 3.27. The Hall–Kier alpha value is -2.93. The van der Waals surface area contributed by atoms with Crippen molar-refractivity contribution in [1.29, 1.82) is 0 Å². The summed E-state index contributed by atoms with van der Waals surface area (Å²) in [6, 6.07) is 12.0. The molecule has 0 spiro atoms. The van der Waals surface area contributed by atoms with Crippen molar-refractivity contribution in [1.82, 2.24) is 19.5 Å². The number of rotatable bonds is 4. The number of ether oxygens (including phenoxy) is 1. The highest BCUT2D eigenvalue weighted by molar-refractivity contribution is 6.03. The van der Waals surface area contributed by atoms with Gasteiger partial charge in [-0.1, -0.05) is 18.2 Å². The Kier molecular flexibility index (Phi) is 4.01. The first kappa shape index (κ1) is 16.3. The Morgan fingerprint density at radius 2 is 1.96 bits per heavy atom. The lowest BCUT2D eigenvalue weighted by molar-refractivity contribution is 0.0779. The van der Waals surface area contributed by atoms with Gasteiger partial charge in [-0.05, 0) is 23.8 Å². The fourth-order valence-electron chi connectivity index (χ4n) is 3.87. The molecule has 1 saturated heterocycles. The summed E-state index contributed by atoms with van der Waals surface area (Å²) in [5.74, 6) is 0.870. The minimum absolute atomic E-state index is 0.107. The first-order valence-electron chi connectivity index (χ1n) is 9.34. The molecule has 3 aromatic rings. The zero-order valence-electron chi connectivity index (χ0n) is 15.0. The number of anilines is 1. The number of benzene rings is 1. The quantitative estimate of drug-likeness (QED) is 0.707. The van der Waals surface area contributed by atoms with Gasteiger partial charge in [0.2, 0.25) is 0 Å². The third-order valence-corrected chi connectivity index (χ3v) is 5.23. The number of carbonyl (C=O) groups excluding carboxylic acids is 1. The van der Waals surface area contributed by atoms with Crippen molar-refractivity contribution in [2.24, 2.45) is 0 Å². The first-order chi connectivity index (χ1) is 13.3. The molecule has 5 rings (SSSR count). The van der Waals surface area contributed by atoms with E-state index in [0.29, 0.717) is 32.7 Å². The van der Waals surface area contributed by atoms with Crippen molar-refractivity contribution in [3.8, 4) is 0 Å². The molecule has 0 atom stereocenters. The van der Waals surface area contributed by atoms with Gasteiger partial charge in [0, 0.05) is 38.8 Å². The summed E-state index contributed by atoms with van der Waals surface area (Å²) in [5.41, 5.74) is 3.82. The Labute approximate surface area is 157 Å². The van der Waals surface area contributed by atoms with E-state index in [1.807, 2.05) is 35.4 Å². The number of fused-ring (bicyclic) bond motifs is 2. The SMILES string of the molecule is O=C1c2c(cccc2N2CCOCC2)CN1CCc1nc2ccccn2n1. The van der Waals surface area contributed by atoms with Gasteiger partial charge in [-0.25, -0.2) is 9.50 Å². The molecule has 2 aromatic heterocycles. The fraction of sp³-hybridized carbons (Fsp3) is 0.350. The molecule has 1 aromatic carbocycles. The predicted molar refractivity (Wildman–Crippen MR) is 101 cm³/mol. The van der Waals surface area contributed by atoms with Gasteiger partial charge in [0.25, 0.3) is 5.91 Å². The van der Waals surface area contributed by atoms with Crippen molar-refractivity contribution in [3.63, 3.8) is 0 Å². The monoisotopic (exact) mass is 363 g/mol. The lowest BCUT2D eigenvalue weighted by Gasteiger charge is -2.30. The van der Waals surface area contributed by atoms with Gasteiger partial charge in [-0.3, -0.25) is 4.79 Å². The van der Waals surface area contributed by atoms with E-state index in [1.54, 1.807) is 4.52 Å². The molecule has 138 valence electrons. The third-order valence-electron chi connectivity index (χ3n) is 5.23. The molecule has 0 aliphatic carbocycles. The maximum absolute atomic E-state index is 13.1. The minimum Gasteiger partial charge on any atom is -0.378 e. The molecule has 0 bridgehead atoms. The van der Waals surface area contributed by atoms with E-state index in [-0.39, 0.29) is 5.91 Å². The number of hydrogen-bond acceptors (Lipinski definition) is 5. The Balaban J connectivity index is 1.34. The summed E-state index contributed by atoms with van der Waals surface area (Å²) in [5, 5.41) is 4.48. The van der Waals surface area contributed by atoms with Crippen molar-refractivity contribution < 1.29 is 9.53 Å². The van der Waals surface area contributed by atoms with Crippen LogP contribution in [0.5, 0.6) is 0 Å². The van der Waals surface area contributed by atoms with Crippen LogP contribution in [0.15, 0.2) is 42.6 Å². The standard InChI is InChI=1S/C20H21N5O2/c26-20-19-15(4-3-5-16(19)23-10-12-27-13-11-23)14-24(20)9-7-17-21-18-6-1-2-8-25(18)22-17/h1-6,8H,7,9-14H2. The van der Waals surface area contributed by atoms with Gasteiger partial charge in [-0.2, -0.15) is 5.10 Å². The molecule has 0 N–H and O–H groups in total. The van der Waals surface area contributed by atoms with Crippen LogP contribution in [0.25, 0.3) is 5.65 Å². The van der Waals surface area contributed by atoms with Crippen LogP contribution in [0.4, 0.5) is 5.69 Å². The van der Waals surface area contributed by atoms with Gasteiger partial charge in [0.15, 0.2) is 11.5 Å². The second-order valence-corrected chi connectivity index (χ2v) is 6.92. The predicted octanol–water partition coefficient (Wildman–Crippen LogP) is 1.76. The molecular weight excluding hydrogens is 342 g/mol. The zero-order valence-corrected chi connectivity index (χ0v) is 15.0. The lowest BCUT2D eigenvalue weighted by atomic mass is 10.1. The van der Waals surface area contributed by atoms with E-state index in [9.17, 15) is 4.79 Å². The van der Waals surface area contributed by atoms with E-state index >= 15 is 0 Å². The van der Waals surface area contributed by atoms with Gasteiger partial charge < -0.3 is 14.5 Å². The van der Waals surface area contributed by atoms with Crippen LogP contribution in [-0.4, -0.2) is 58.3 Å². The zero-order chi connectivity index (χ0) is 18.2. The molecule has 0 radical (unpaired) electrons. The Morgan fingerprint density at radius 1 is 1.07 bits per heavy atom. The van der Waals surface area contributed by atoms with E-state index in [2.05, 4.69) is 27.1 Å². The number of hydrogen-bond donors (Lipinski definition) is 0.